The van der Waals surface area contributed by atoms with E-state index in [9.17, 15) is 0 Å². The first-order valence-corrected chi connectivity index (χ1v) is 7.04. The number of halogens is 2. The van der Waals surface area contributed by atoms with Crippen LogP contribution in [0.1, 0.15) is 0 Å². The van der Waals surface area contributed by atoms with Crippen molar-refractivity contribution in [2.45, 2.75) is 0 Å². The second kappa shape index (κ2) is 5.00. The number of anilines is 1. The summed E-state index contributed by atoms with van der Waals surface area (Å²) in [5.74, 6) is 1.38. The van der Waals surface area contributed by atoms with E-state index in [4.69, 9.17) is 22.1 Å². The number of nitrogen functional groups attached to an aromatic ring is 1. The number of aromatic nitrogens is 2. The number of imidazole rings is 1. The molecule has 6 heteroatoms. The summed E-state index contributed by atoms with van der Waals surface area (Å²) in [6, 6.07) is 9.20. The minimum atomic E-state index is 0.572. The van der Waals surface area contributed by atoms with Crippen molar-refractivity contribution in [3.8, 4) is 17.1 Å². The van der Waals surface area contributed by atoms with Crippen LogP contribution in [0.2, 0.25) is 5.02 Å². The van der Waals surface area contributed by atoms with Crippen molar-refractivity contribution in [3.05, 3.63) is 39.8 Å². The fraction of sp³-hybridized carbons (Fsp3) is 0.0714. The van der Waals surface area contributed by atoms with Gasteiger partial charge in [-0.05, 0) is 46.3 Å². The number of H-pyrrole nitrogens is 1. The summed E-state index contributed by atoms with van der Waals surface area (Å²) in [6.45, 7) is 0. The smallest absolute Gasteiger partial charge is 0.141 e. The lowest BCUT2D eigenvalue weighted by Gasteiger charge is -2.05. The van der Waals surface area contributed by atoms with Crippen LogP contribution in [0.5, 0.6) is 5.75 Å². The van der Waals surface area contributed by atoms with Gasteiger partial charge in [0.25, 0.3) is 0 Å². The molecule has 0 aliphatic heterocycles. The molecule has 0 saturated carbocycles. The van der Waals surface area contributed by atoms with Gasteiger partial charge in [-0.3, -0.25) is 0 Å². The molecule has 0 aliphatic rings. The van der Waals surface area contributed by atoms with Gasteiger partial charge in [0.1, 0.15) is 17.1 Å². The van der Waals surface area contributed by atoms with Crippen molar-refractivity contribution < 1.29 is 4.74 Å². The topological polar surface area (TPSA) is 63.9 Å². The Labute approximate surface area is 129 Å². The number of benzene rings is 2. The number of rotatable bonds is 2. The van der Waals surface area contributed by atoms with Crippen LogP contribution >= 0.6 is 27.5 Å². The number of methoxy groups -OCH3 is 1. The molecule has 2 aromatic carbocycles. The number of nitrogens with two attached hydrogens (primary N) is 1. The van der Waals surface area contributed by atoms with E-state index in [1.165, 1.54) is 0 Å². The molecule has 0 saturated heterocycles. The predicted molar refractivity (Wildman–Crippen MR) is 85.2 cm³/mol. The number of hydrogen-bond acceptors (Lipinski definition) is 3. The fourth-order valence-electron chi connectivity index (χ4n) is 2.06. The number of aromatic amines is 1. The van der Waals surface area contributed by atoms with Gasteiger partial charge < -0.3 is 15.5 Å². The molecule has 3 N–H and O–H groups in total. The largest absolute Gasteiger partial charge is 0.495 e. The standard InChI is InChI=1S/C14H11BrClN3O/c1-20-12-3-2-7(4-10(12)17)14-18-11-6-8(16)5-9(15)13(11)19-14/h2-6H,17H2,1H3,(H,18,19). The Hall–Kier alpha value is -1.72. The molecule has 0 unspecified atom stereocenters. The van der Waals surface area contributed by atoms with Gasteiger partial charge in [-0.1, -0.05) is 11.6 Å². The summed E-state index contributed by atoms with van der Waals surface area (Å²) in [7, 11) is 1.59. The molecule has 0 amide bonds. The molecule has 0 spiro atoms. The molecule has 0 atom stereocenters. The summed E-state index contributed by atoms with van der Waals surface area (Å²) in [5.41, 5.74) is 9.08. The van der Waals surface area contributed by atoms with Gasteiger partial charge in [-0.25, -0.2) is 4.98 Å². The van der Waals surface area contributed by atoms with Crippen LogP contribution < -0.4 is 10.5 Å². The summed E-state index contributed by atoms with van der Waals surface area (Å²) in [5, 5.41) is 0.647. The number of fused-ring (bicyclic) bond motifs is 1. The summed E-state index contributed by atoms with van der Waals surface area (Å²) in [4.78, 5) is 7.80. The Morgan fingerprint density at radius 3 is 2.80 bits per heavy atom. The Kier molecular flexibility index (Phi) is 3.31. The van der Waals surface area contributed by atoms with E-state index in [0.717, 1.165) is 26.9 Å². The Bertz CT molecular complexity index is 800. The van der Waals surface area contributed by atoms with Crippen LogP contribution in [0.15, 0.2) is 34.8 Å². The summed E-state index contributed by atoms with van der Waals surface area (Å²) < 4.78 is 6.00. The molecule has 0 bridgehead atoms. The number of hydrogen-bond donors (Lipinski definition) is 2. The third kappa shape index (κ3) is 2.23. The minimum absolute atomic E-state index is 0.572. The Balaban J connectivity index is 2.15. The van der Waals surface area contributed by atoms with Gasteiger partial charge >= 0.3 is 0 Å². The first-order chi connectivity index (χ1) is 9.58. The van der Waals surface area contributed by atoms with Gasteiger partial charge in [0.05, 0.1) is 18.3 Å². The molecule has 0 fully saturated rings. The number of nitrogens with zero attached hydrogens (tertiary/aromatic N) is 1. The van der Waals surface area contributed by atoms with Crippen molar-refractivity contribution in [2.75, 3.05) is 12.8 Å². The minimum Gasteiger partial charge on any atom is -0.495 e. The van der Waals surface area contributed by atoms with E-state index in [0.29, 0.717) is 16.5 Å². The third-order valence-electron chi connectivity index (χ3n) is 3.01. The van der Waals surface area contributed by atoms with Crippen LogP contribution in [-0.2, 0) is 0 Å². The zero-order valence-electron chi connectivity index (χ0n) is 10.6. The molecule has 0 aliphatic carbocycles. The third-order valence-corrected chi connectivity index (χ3v) is 3.83. The average molecular weight is 353 g/mol. The van der Waals surface area contributed by atoms with Crippen LogP contribution in [0, 0.1) is 0 Å². The second-order valence-corrected chi connectivity index (χ2v) is 5.62. The van der Waals surface area contributed by atoms with Crippen molar-refractivity contribution >= 4 is 44.3 Å². The molecular weight excluding hydrogens is 342 g/mol. The van der Waals surface area contributed by atoms with Gasteiger partial charge in [-0.2, -0.15) is 0 Å². The summed E-state index contributed by atoms with van der Waals surface area (Å²) >= 11 is 9.49. The van der Waals surface area contributed by atoms with Gasteiger partial charge in [0.15, 0.2) is 0 Å². The molecule has 0 radical (unpaired) electrons. The SMILES string of the molecule is COc1ccc(-c2nc3c(Br)cc(Cl)cc3[nH]2)cc1N. The highest BCUT2D eigenvalue weighted by Crippen LogP contribution is 2.31. The highest BCUT2D eigenvalue weighted by atomic mass is 79.9. The molecular formula is C14H11BrClN3O. The lowest BCUT2D eigenvalue weighted by molar-refractivity contribution is 0.417. The molecule has 102 valence electrons. The van der Waals surface area contributed by atoms with E-state index in [1.54, 1.807) is 7.11 Å². The van der Waals surface area contributed by atoms with Crippen molar-refractivity contribution in [1.29, 1.82) is 0 Å². The lowest BCUT2D eigenvalue weighted by atomic mass is 10.2. The van der Waals surface area contributed by atoms with Crippen LogP contribution in [0.25, 0.3) is 22.4 Å². The fourth-order valence-corrected chi connectivity index (χ4v) is 2.96. The van der Waals surface area contributed by atoms with Crippen LogP contribution in [-0.4, -0.2) is 17.1 Å². The zero-order valence-corrected chi connectivity index (χ0v) is 12.9. The normalized spacial score (nSPS) is 10.9. The maximum atomic E-state index is 6.03. The van der Waals surface area contributed by atoms with Crippen LogP contribution in [0.3, 0.4) is 0 Å². The van der Waals surface area contributed by atoms with Crippen LogP contribution in [0.4, 0.5) is 5.69 Å². The van der Waals surface area contributed by atoms with E-state index < -0.39 is 0 Å². The quantitative estimate of drug-likeness (QED) is 0.678. The molecule has 20 heavy (non-hydrogen) atoms. The maximum Gasteiger partial charge on any atom is 0.141 e. The average Bonchev–Trinajstić information content (AvgIpc) is 2.82. The molecule has 1 aromatic heterocycles. The van der Waals surface area contributed by atoms with E-state index >= 15 is 0 Å². The second-order valence-electron chi connectivity index (χ2n) is 4.33. The molecule has 3 rings (SSSR count). The zero-order chi connectivity index (χ0) is 14.3. The first-order valence-electron chi connectivity index (χ1n) is 5.87. The summed E-state index contributed by atoms with van der Waals surface area (Å²) in [6.07, 6.45) is 0. The predicted octanol–water partition coefficient (Wildman–Crippen LogP) is 4.24. The Morgan fingerprint density at radius 1 is 1.30 bits per heavy atom. The Morgan fingerprint density at radius 2 is 2.10 bits per heavy atom. The van der Waals surface area contributed by atoms with E-state index in [2.05, 4.69) is 25.9 Å². The monoisotopic (exact) mass is 351 g/mol. The highest BCUT2D eigenvalue weighted by molar-refractivity contribution is 9.10. The molecule has 1 heterocycles. The van der Waals surface area contributed by atoms with Gasteiger partial charge in [0.2, 0.25) is 0 Å². The maximum absolute atomic E-state index is 6.03. The first kappa shape index (κ1) is 13.3. The highest BCUT2D eigenvalue weighted by Gasteiger charge is 2.10. The molecule has 4 nitrogen and oxygen atoms in total. The number of ether oxygens (including phenoxy) is 1. The van der Waals surface area contributed by atoms with E-state index in [1.807, 2.05) is 30.3 Å². The van der Waals surface area contributed by atoms with Gasteiger partial charge in [-0.15, -0.1) is 0 Å². The van der Waals surface area contributed by atoms with Crippen molar-refractivity contribution in [2.24, 2.45) is 0 Å². The molecule has 3 aromatic rings. The van der Waals surface area contributed by atoms with Gasteiger partial charge in [0, 0.05) is 15.1 Å². The number of nitrogens with one attached hydrogen (secondary N) is 1. The van der Waals surface area contributed by atoms with E-state index in [-0.39, 0.29) is 0 Å². The van der Waals surface area contributed by atoms with Crippen molar-refractivity contribution in [1.82, 2.24) is 9.97 Å². The lowest BCUT2D eigenvalue weighted by Crippen LogP contribution is -1.92. The van der Waals surface area contributed by atoms with Crippen molar-refractivity contribution in [3.63, 3.8) is 0 Å².